The lowest BCUT2D eigenvalue weighted by atomic mass is 10.2. The lowest BCUT2D eigenvalue weighted by Crippen LogP contribution is -2.24. The quantitative estimate of drug-likeness (QED) is 0.618. The van der Waals surface area contributed by atoms with E-state index in [4.69, 9.17) is 4.74 Å². The van der Waals surface area contributed by atoms with Gasteiger partial charge in [0.25, 0.3) is 0 Å². The number of carbonyl (C=O) groups is 1. The number of nitrogens with one attached hydrogen (secondary N) is 1. The molecular formula is C13H18BrNO2. The molecule has 0 spiro atoms. The van der Waals surface area contributed by atoms with Crippen LogP contribution in [0.4, 0.5) is 4.79 Å². The first-order valence-electron chi connectivity index (χ1n) is 5.83. The molecule has 0 heterocycles. The molecule has 3 nitrogen and oxygen atoms in total. The molecule has 0 aliphatic heterocycles. The van der Waals surface area contributed by atoms with Gasteiger partial charge in [-0.05, 0) is 24.8 Å². The van der Waals surface area contributed by atoms with E-state index in [1.165, 1.54) is 0 Å². The smallest absolute Gasteiger partial charge is 0.407 e. The number of unbranched alkanes of at least 4 members (excludes halogenated alkanes) is 2. The van der Waals surface area contributed by atoms with Crippen LogP contribution in [0.15, 0.2) is 30.3 Å². The zero-order valence-corrected chi connectivity index (χ0v) is 11.4. The monoisotopic (exact) mass is 299 g/mol. The van der Waals surface area contributed by atoms with Gasteiger partial charge >= 0.3 is 6.09 Å². The summed E-state index contributed by atoms with van der Waals surface area (Å²) in [6.07, 6.45) is 2.78. The molecule has 4 heteroatoms. The summed E-state index contributed by atoms with van der Waals surface area (Å²) in [5, 5.41) is 3.73. The molecule has 1 aromatic rings. The Bertz CT molecular complexity index is 316. The van der Waals surface area contributed by atoms with E-state index in [1.807, 2.05) is 30.3 Å². The van der Waals surface area contributed by atoms with Gasteiger partial charge in [0.05, 0.1) is 6.61 Å². The van der Waals surface area contributed by atoms with Crippen molar-refractivity contribution in [2.75, 3.05) is 11.9 Å². The first kappa shape index (κ1) is 14.0. The zero-order valence-electron chi connectivity index (χ0n) is 9.82. The number of amides is 1. The molecule has 0 unspecified atom stereocenters. The highest BCUT2D eigenvalue weighted by Gasteiger charge is 2.00. The van der Waals surface area contributed by atoms with Gasteiger partial charge in [-0.3, -0.25) is 0 Å². The van der Waals surface area contributed by atoms with Crippen LogP contribution in [0, 0.1) is 0 Å². The topological polar surface area (TPSA) is 38.3 Å². The molecule has 1 rings (SSSR count). The standard InChI is InChI=1S/C13H18BrNO2/c14-9-5-2-6-10-17-13(16)15-11-12-7-3-1-4-8-12/h1,3-4,7-8H,2,5-6,9-11H2,(H,15,16). The average molecular weight is 300 g/mol. The number of ether oxygens (including phenoxy) is 1. The molecular weight excluding hydrogens is 282 g/mol. The van der Waals surface area contributed by atoms with Crippen molar-refractivity contribution in [3.8, 4) is 0 Å². The Kier molecular flexibility index (Phi) is 7.47. The van der Waals surface area contributed by atoms with E-state index < -0.39 is 0 Å². The summed E-state index contributed by atoms with van der Waals surface area (Å²) in [5.74, 6) is 0. The van der Waals surface area contributed by atoms with Crippen molar-refractivity contribution in [3.05, 3.63) is 35.9 Å². The summed E-state index contributed by atoms with van der Waals surface area (Å²) in [6.45, 7) is 1.01. The highest BCUT2D eigenvalue weighted by molar-refractivity contribution is 9.09. The molecule has 94 valence electrons. The Labute approximate surface area is 111 Å². The third kappa shape index (κ3) is 7.00. The predicted molar refractivity (Wildman–Crippen MR) is 72.3 cm³/mol. The SMILES string of the molecule is O=C(NCc1ccccc1)OCCCCCBr. The fourth-order valence-electron chi connectivity index (χ4n) is 1.36. The van der Waals surface area contributed by atoms with Gasteiger partial charge in [0.2, 0.25) is 0 Å². The summed E-state index contributed by atoms with van der Waals surface area (Å²) in [5.41, 5.74) is 1.07. The van der Waals surface area contributed by atoms with Crippen LogP contribution in [0.2, 0.25) is 0 Å². The van der Waals surface area contributed by atoms with Gasteiger partial charge in [0.15, 0.2) is 0 Å². The van der Waals surface area contributed by atoms with E-state index in [9.17, 15) is 4.79 Å². The van der Waals surface area contributed by atoms with Gasteiger partial charge in [-0.25, -0.2) is 4.79 Å². The van der Waals surface area contributed by atoms with Crippen LogP contribution in [0.5, 0.6) is 0 Å². The second-order valence-electron chi connectivity index (χ2n) is 3.72. The largest absolute Gasteiger partial charge is 0.450 e. The summed E-state index contributed by atoms with van der Waals surface area (Å²) in [7, 11) is 0. The zero-order chi connectivity index (χ0) is 12.3. The number of alkyl halides is 1. The van der Waals surface area contributed by atoms with E-state index >= 15 is 0 Å². The first-order valence-corrected chi connectivity index (χ1v) is 6.95. The highest BCUT2D eigenvalue weighted by atomic mass is 79.9. The summed E-state index contributed by atoms with van der Waals surface area (Å²) >= 11 is 3.36. The number of benzene rings is 1. The Morgan fingerprint density at radius 2 is 1.94 bits per heavy atom. The minimum atomic E-state index is -0.340. The van der Waals surface area contributed by atoms with Crippen LogP contribution in [-0.4, -0.2) is 18.0 Å². The second kappa shape index (κ2) is 9.05. The molecule has 0 atom stereocenters. The van der Waals surface area contributed by atoms with E-state index in [-0.39, 0.29) is 6.09 Å². The van der Waals surface area contributed by atoms with Crippen molar-refractivity contribution in [2.45, 2.75) is 25.8 Å². The number of rotatable bonds is 7. The fourth-order valence-corrected chi connectivity index (χ4v) is 1.76. The summed E-state index contributed by atoms with van der Waals surface area (Å²) in [4.78, 5) is 11.3. The molecule has 1 aromatic carbocycles. The molecule has 0 fully saturated rings. The maximum Gasteiger partial charge on any atom is 0.407 e. The number of hydrogen-bond donors (Lipinski definition) is 1. The van der Waals surface area contributed by atoms with Crippen LogP contribution >= 0.6 is 15.9 Å². The Hall–Kier alpha value is -1.03. The van der Waals surface area contributed by atoms with Crippen LogP contribution < -0.4 is 5.32 Å². The number of alkyl carbamates (subject to hydrolysis) is 1. The second-order valence-corrected chi connectivity index (χ2v) is 4.52. The van der Waals surface area contributed by atoms with Crippen molar-refractivity contribution in [1.29, 1.82) is 0 Å². The predicted octanol–water partition coefficient (Wildman–Crippen LogP) is 3.48. The normalized spacial score (nSPS) is 9.94. The number of carbonyl (C=O) groups excluding carboxylic acids is 1. The van der Waals surface area contributed by atoms with Gasteiger partial charge < -0.3 is 10.1 Å². The van der Waals surface area contributed by atoms with E-state index in [2.05, 4.69) is 21.2 Å². The molecule has 0 aliphatic carbocycles. The Morgan fingerprint density at radius 3 is 2.65 bits per heavy atom. The van der Waals surface area contributed by atoms with Gasteiger partial charge in [0, 0.05) is 11.9 Å². The van der Waals surface area contributed by atoms with Crippen LogP contribution in [0.3, 0.4) is 0 Å². The third-order valence-corrected chi connectivity index (χ3v) is 2.85. The Balaban J connectivity index is 2.05. The molecule has 0 bridgehead atoms. The van der Waals surface area contributed by atoms with Crippen molar-refractivity contribution < 1.29 is 9.53 Å². The number of hydrogen-bond acceptors (Lipinski definition) is 2. The maximum absolute atomic E-state index is 11.3. The van der Waals surface area contributed by atoms with E-state index in [0.29, 0.717) is 13.2 Å². The van der Waals surface area contributed by atoms with Crippen molar-refractivity contribution in [2.24, 2.45) is 0 Å². The first-order chi connectivity index (χ1) is 8.33. The van der Waals surface area contributed by atoms with Gasteiger partial charge in [-0.15, -0.1) is 0 Å². The molecule has 0 saturated carbocycles. The van der Waals surface area contributed by atoms with Crippen LogP contribution in [0.25, 0.3) is 0 Å². The lowest BCUT2D eigenvalue weighted by molar-refractivity contribution is 0.143. The minimum absolute atomic E-state index is 0.340. The number of halogens is 1. The van der Waals surface area contributed by atoms with Crippen molar-refractivity contribution >= 4 is 22.0 Å². The maximum atomic E-state index is 11.3. The van der Waals surface area contributed by atoms with E-state index in [1.54, 1.807) is 0 Å². The average Bonchev–Trinajstić information content (AvgIpc) is 2.37. The van der Waals surface area contributed by atoms with Crippen molar-refractivity contribution in [1.82, 2.24) is 5.32 Å². The third-order valence-electron chi connectivity index (χ3n) is 2.29. The molecule has 0 radical (unpaired) electrons. The van der Waals surface area contributed by atoms with Crippen LogP contribution in [-0.2, 0) is 11.3 Å². The summed E-state index contributed by atoms with van der Waals surface area (Å²) < 4.78 is 5.04. The molecule has 1 N–H and O–H groups in total. The fraction of sp³-hybridized carbons (Fsp3) is 0.462. The molecule has 0 aliphatic rings. The molecule has 1 amide bonds. The van der Waals surface area contributed by atoms with E-state index in [0.717, 1.165) is 30.2 Å². The highest BCUT2D eigenvalue weighted by Crippen LogP contribution is 2.00. The Morgan fingerprint density at radius 1 is 1.18 bits per heavy atom. The van der Waals surface area contributed by atoms with Crippen LogP contribution in [0.1, 0.15) is 24.8 Å². The molecule has 0 saturated heterocycles. The summed E-state index contributed by atoms with van der Waals surface area (Å²) in [6, 6.07) is 9.78. The van der Waals surface area contributed by atoms with Gasteiger partial charge in [-0.1, -0.05) is 46.3 Å². The molecule has 0 aromatic heterocycles. The van der Waals surface area contributed by atoms with Gasteiger partial charge in [0.1, 0.15) is 0 Å². The van der Waals surface area contributed by atoms with Crippen molar-refractivity contribution in [3.63, 3.8) is 0 Å². The van der Waals surface area contributed by atoms with Gasteiger partial charge in [-0.2, -0.15) is 0 Å². The minimum Gasteiger partial charge on any atom is -0.450 e. The molecule has 17 heavy (non-hydrogen) atoms. The lowest BCUT2D eigenvalue weighted by Gasteiger charge is -2.06.